The molecule has 3 N–H and O–H groups in total. The predicted molar refractivity (Wildman–Crippen MR) is 109 cm³/mol. The van der Waals surface area contributed by atoms with E-state index in [9.17, 15) is 4.79 Å². The number of carbonyl (C=O) groups excluding carboxylic acids is 1. The number of amides is 1. The fourth-order valence-corrected chi connectivity index (χ4v) is 4.35. The van der Waals surface area contributed by atoms with E-state index in [0.717, 1.165) is 27.2 Å². The third-order valence-electron chi connectivity index (χ3n) is 4.01. The molecule has 0 unspecified atom stereocenters. The second-order valence-corrected chi connectivity index (χ2v) is 7.87. The van der Waals surface area contributed by atoms with Gasteiger partial charge in [-0.25, -0.2) is 9.97 Å². The molecule has 3 heterocycles. The summed E-state index contributed by atoms with van der Waals surface area (Å²) >= 11 is 2.69. The lowest BCUT2D eigenvalue weighted by Gasteiger charge is -2.00. The molecule has 130 valence electrons. The van der Waals surface area contributed by atoms with Crippen LogP contribution in [-0.4, -0.2) is 15.9 Å². The molecular weight excluding hydrogens is 364 g/mol. The van der Waals surface area contributed by atoms with E-state index in [1.807, 2.05) is 55.6 Å². The number of aryl methyl sites for hydroxylation is 2. The van der Waals surface area contributed by atoms with Crippen molar-refractivity contribution in [3.63, 3.8) is 0 Å². The number of rotatable bonds is 3. The van der Waals surface area contributed by atoms with E-state index in [-0.39, 0.29) is 5.91 Å². The molecule has 0 fully saturated rings. The van der Waals surface area contributed by atoms with E-state index in [1.54, 1.807) is 0 Å². The highest BCUT2D eigenvalue weighted by atomic mass is 32.1. The molecule has 7 heteroatoms. The zero-order valence-electron chi connectivity index (χ0n) is 14.2. The molecule has 1 amide bonds. The van der Waals surface area contributed by atoms with Gasteiger partial charge in [-0.2, -0.15) is 0 Å². The first-order valence-electron chi connectivity index (χ1n) is 8.01. The van der Waals surface area contributed by atoms with Crippen LogP contribution in [0.25, 0.3) is 21.5 Å². The van der Waals surface area contributed by atoms with Crippen molar-refractivity contribution in [2.45, 2.75) is 13.8 Å². The van der Waals surface area contributed by atoms with Gasteiger partial charge in [0.1, 0.15) is 9.71 Å². The first-order chi connectivity index (χ1) is 12.5. The number of nitrogens with two attached hydrogens (primary N) is 1. The predicted octanol–water partition coefficient (Wildman–Crippen LogP) is 4.87. The van der Waals surface area contributed by atoms with E-state index in [4.69, 9.17) is 5.73 Å². The van der Waals surface area contributed by atoms with Gasteiger partial charge in [0.25, 0.3) is 5.91 Å². The number of aromatic nitrogens is 2. The van der Waals surface area contributed by atoms with Crippen molar-refractivity contribution in [3.05, 3.63) is 57.9 Å². The van der Waals surface area contributed by atoms with Gasteiger partial charge in [-0.05, 0) is 26.0 Å². The largest absolute Gasteiger partial charge is 0.397 e. The third kappa shape index (κ3) is 3.07. The van der Waals surface area contributed by atoms with Crippen LogP contribution in [0, 0.1) is 13.8 Å². The number of hydrogen-bond donors (Lipinski definition) is 2. The Balaban J connectivity index is 1.59. The number of thiazole rings is 1. The number of fused-ring (bicyclic) bond motifs is 1. The van der Waals surface area contributed by atoms with Gasteiger partial charge in [-0.1, -0.05) is 29.8 Å². The Hall–Kier alpha value is -2.77. The van der Waals surface area contributed by atoms with Gasteiger partial charge in [0.2, 0.25) is 0 Å². The molecule has 0 saturated heterocycles. The van der Waals surface area contributed by atoms with Crippen LogP contribution in [0.3, 0.4) is 0 Å². The van der Waals surface area contributed by atoms with E-state index in [0.29, 0.717) is 15.7 Å². The summed E-state index contributed by atoms with van der Waals surface area (Å²) in [7, 11) is 0. The van der Waals surface area contributed by atoms with Crippen molar-refractivity contribution in [1.82, 2.24) is 9.97 Å². The second kappa shape index (κ2) is 6.51. The minimum atomic E-state index is -0.257. The van der Waals surface area contributed by atoms with E-state index in [1.165, 1.54) is 28.2 Å². The summed E-state index contributed by atoms with van der Waals surface area (Å²) in [4.78, 5) is 22.8. The lowest BCUT2D eigenvalue weighted by Crippen LogP contribution is -2.11. The number of carbonyl (C=O) groups is 1. The quantitative estimate of drug-likeness (QED) is 0.531. The number of nitrogen functional groups attached to an aromatic ring is 1. The van der Waals surface area contributed by atoms with Crippen molar-refractivity contribution < 1.29 is 4.79 Å². The lowest BCUT2D eigenvalue weighted by molar-refractivity contribution is 0.103. The van der Waals surface area contributed by atoms with Crippen LogP contribution in [0.4, 0.5) is 10.8 Å². The van der Waals surface area contributed by atoms with Crippen LogP contribution < -0.4 is 11.1 Å². The molecule has 0 aliphatic rings. The minimum Gasteiger partial charge on any atom is -0.397 e. The number of benzene rings is 1. The summed E-state index contributed by atoms with van der Waals surface area (Å²) in [6.45, 7) is 3.96. The van der Waals surface area contributed by atoms with Crippen molar-refractivity contribution >= 4 is 49.6 Å². The normalized spacial score (nSPS) is 11.0. The molecule has 5 nitrogen and oxygen atoms in total. The molecule has 4 aromatic rings. The Labute approximate surface area is 158 Å². The number of thiophene rings is 1. The van der Waals surface area contributed by atoms with Gasteiger partial charge < -0.3 is 5.73 Å². The topological polar surface area (TPSA) is 80.9 Å². The summed E-state index contributed by atoms with van der Waals surface area (Å²) < 4.78 is 0. The molecule has 0 saturated carbocycles. The molecule has 0 aliphatic heterocycles. The number of pyridine rings is 1. The average Bonchev–Trinajstić information content (AvgIpc) is 3.20. The van der Waals surface area contributed by atoms with E-state index >= 15 is 0 Å². The molecule has 4 rings (SSSR count). The van der Waals surface area contributed by atoms with Gasteiger partial charge in [-0.3, -0.25) is 10.1 Å². The van der Waals surface area contributed by atoms with Crippen molar-refractivity contribution in [3.8, 4) is 11.3 Å². The van der Waals surface area contributed by atoms with Gasteiger partial charge in [-0.15, -0.1) is 22.7 Å². The van der Waals surface area contributed by atoms with Crippen LogP contribution in [0.2, 0.25) is 0 Å². The summed E-state index contributed by atoms with van der Waals surface area (Å²) in [5.74, 6) is -0.257. The standard InChI is InChI=1S/C19H16N4OS2/c1-10-3-6-12(7-4-10)14-9-25-19(22-14)23-17(24)16-15(20)13-8-5-11(2)21-18(13)26-16/h3-9H,20H2,1-2H3,(H,22,23,24). The number of hydrogen-bond acceptors (Lipinski definition) is 6. The summed E-state index contributed by atoms with van der Waals surface area (Å²) in [5.41, 5.74) is 10.6. The summed E-state index contributed by atoms with van der Waals surface area (Å²) in [5, 5.41) is 6.14. The first kappa shape index (κ1) is 16.7. The highest BCUT2D eigenvalue weighted by Crippen LogP contribution is 2.33. The van der Waals surface area contributed by atoms with Crippen LogP contribution in [-0.2, 0) is 0 Å². The highest BCUT2D eigenvalue weighted by Gasteiger charge is 2.18. The Bertz CT molecular complexity index is 1110. The fraction of sp³-hybridized carbons (Fsp3) is 0.105. The van der Waals surface area contributed by atoms with Crippen LogP contribution in [0.5, 0.6) is 0 Å². The maximum atomic E-state index is 12.6. The van der Waals surface area contributed by atoms with Gasteiger partial charge in [0.05, 0.1) is 11.4 Å². The van der Waals surface area contributed by atoms with Gasteiger partial charge in [0.15, 0.2) is 5.13 Å². The van der Waals surface area contributed by atoms with Crippen molar-refractivity contribution in [2.24, 2.45) is 0 Å². The molecule has 0 atom stereocenters. The maximum absolute atomic E-state index is 12.6. The monoisotopic (exact) mass is 380 g/mol. The maximum Gasteiger partial charge on any atom is 0.269 e. The third-order valence-corrected chi connectivity index (χ3v) is 5.88. The molecule has 1 aromatic carbocycles. The van der Waals surface area contributed by atoms with Crippen molar-refractivity contribution in [2.75, 3.05) is 11.1 Å². The molecule has 26 heavy (non-hydrogen) atoms. The van der Waals surface area contributed by atoms with Crippen LogP contribution in [0.1, 0.15) is 20.9 Å². The SMILES string of the molecule is Cc1ccc(-c2csc(NC(=O)c3sc4nc(C)ccc4c3N)n2)cc1. The average molecular weight is 380 g/mol. The zero-order valence-corrected chi connectivity index (χ0v) is 15.9. The Kier molecular flexibility index (Phi) is 4.18. The Morgan fingerprint density at radius 3 is 2.62 bits per heavy atom. The smallest absolute Gasteiger partial charge is 0.269 e. The molecule has 0 bridgehead atoms. The molecular formula is C19H16N4OS2. The molecule has 3 aromatic heterocycles. The summed E-state index contributed by atoms with van der Waals surface area (Å²) in [6.07, 6.45) is 0. The zero-order chi connectivity index (χ0) is 18.3. The number of nitrogens with zero attached hydrogens (tertiary/aromatic N) is 2. The minimum absolute atomic E-state index is 0.257. The molecule has 0 spiro atoms. The fourth-order valence-electron chi connectivity index (χ4n) is 2.60. The highest BCUT2D eigenvalue weighted by molar-refractivity contribution is 7.21. The molecule has 0 radical (unpaired) electrons. The van der Waals surface area contributed by atoms with E-state index < -0.39 is 0 Å². The lowest BCUT2D eigenvalue weighted by atomic mass is 10.1. The second-order valence-electron chi connectivity index (χ2n) is 6.01. The Morgan fingerprint density at radius 2 is 1.85 bits per heavy atom. The van der Waals surface area contributed by atoms with Crippen LogP contribution >= 0.6 is 22.7 Å². The van der Waals surface area contributed by atoms with Gasteiger partial charge in [0, 0.05) is 22.0 Å². The van der Waals surface area contributed by atoms with Gasteiger partial charge >= 0.3 is 0 Å². The molecule has 0 aliphatic carbocycles. The van der Waals surface area contributed by atoms with Crippen molar-refractivity contribution in [1.29, 1.82) is 0 Å². The number of nitrogens with one attached hydrogen (secondary N) is 1. The Morgan fingerprint density at radius 1 is 1.08 bits per heavy atom. The van der Waals surface area contributed by atoms with Crippen LogP contribution in [0.15, 0.2) is 41.8 Å². The summed E-state index contributed by atoms with van der Waals surface area (Å²) in [6, 6.07) is 11.9. The number of anilines is 2. The van der Waals surface area contributed by atoms with E-state index in [2.05, 4.69) is 15.3 Å². The first-order valence-corrected chi connectivity index (χ1v) is 9.70.